The summed E-state index contributed by atoms with van der Waals surface area (Å²) < 4.78 is 63.9. The second-order valence-electron chi connectivity index (χ2n) is 7.39. The number of rotatable bonds is 4. The van der Waals surface area contributed by atoms with Crippen LogP contribution in [0.3, 0.4) is 0 Å². The van der Waals surface area contributed by atoms with Crippen molar-refractivity contribution in [3.8, 4) is 11.3 Å². The Morgan fingerprint density at radius 2 is 2.06 bits per heavy atom. The van der Waals surface area contributed by atoms with Gasteiger partial charge in [-0.05, 0) is 30.7 Å². The fourth-order valence-electron chi connectivity index (χ4n) is 3.31. The summed E-state index contributed by atoms with van der Waals surface area (Å²) >= 11 is 0. The van der Waals surface area contributed by atoms with Crippen molar-refractivity contribution in [2.75, 3.05) is 13.0 Å². The van der Waals surface area contributed by atoms with E-state index in [-0.39, 0.29) is 30.2 Å². The largest absolute Gasteiger partial charge is 0.469 e. The number of hydrogen-bond acceptors (Lipinski definition) is 6. The highest BCUT2D eigenvalue weighted by Crippen LogP contribution is 2.37. The minimum Gasteiger partial charge on any atom is -0.469 e. The van der Waals surface area contributed by atoms with Crippen LogP contribution >= 0.6 is 0 Å². The Balaban J connectivity index is 1.70. The molecule has 7 nitrogen and oxygen atoms in total. The SMILES string of the molecule is CS(=O)c1nc(-c2ccc(=O)n(CC3=CCC4(C)OCOC4=C3)c2)cc(C(F)(F)F)n1. The molecule has 164 valence electrons. The molecule has 31 heavy (non-hydrogen) atoms. The molecule has 1 aliphatic heterocycles. The molecule has 2 aromatic rings. The van der Waals surface area contributed by atoms with E-state index in [4.69, 9.17) is 9.47 Å². The Morgan fingerprint density at radius 1 is 1.29 bits per heavy atom. The summed E-state index contributed by atoms with van der Waals surface area (Å²) in [4.78, 5) is 19.7. The molecule has 0 N–H and O–H groups in total. The summed E-state index contributed by atoms with van der Waals surface area (Å²) in [5, 5.41) is -0.431. The van der Waals surface area contributed by atoms with E-state index in [0.29, 0.717) is 12.2 Å². The zero-order valence-corrected chi connectivity index (χ0v) is 17.4. The van der Waals surface area contributed by atoms with Gasteiger partial charge in [-0.15, -0.1) is 0 Å². The highest BCUT2D eigenvalue weighted by atomic mass is 32.2. The number of ether oxygens (including phenoxy) is 2. The zero-order valence-electron chi connectivity index (χ0n) is 16.6. The van der Waals surface area contributed by atoms with E-state index in [1.807, 2.05) is 13.0 Å². The molecule has 2 unspecified atom stereocenters. The van der Waals surface area contributed by atoms with Crippen LogP contribution in [-0.2, 0) is 33.0 Å². The molecule has 2 aliphatic rings. The first kappa shape index (κ1) is 21.4. The predicted molar refractivity (Wildman–Crippen MR) is 105 cm³/mol. The number of aromatic nitrogens is 3. The van der Waals surface area contributed by atoms with Gasteiger partial charge in [-0.1, -0.05) is 6.08 Å². The van der Waals surface area contributed by atoms with Crippen molar-refractivity contribution in [2.24, 2.45) is 0 Å². The van der Waals surface area contributed by atoms with E-state index in [1.165, 1.54) is 29.2 Å². The monoisotopic (exact) mass is 453 g/mol. The molecule has 3 heterocycles. The van der Waals surface area contributed by atoms with Crippen molar-refractivity contribution in [1.29, 1.82) is 0 Å². The van der Waals surface area contributed by atoms with Gasteiger partial charge in [0.2, 0.25) is 5.16 Å². The number of pyridine rings is 1. The fraction of sp³-hybridized carbons (Fsp3) is 0.350. The molecule has 2 aromatic heterocycles. The van der Waals surface area contributed by atoms with Crippen LogP contribution in [0.2, 0.25) is 0 Å². The smallest absolute Gasteiger partial charge is 0.433 e. The molecule has 0 radical (unpaired) electrons. The Hall–Kier alpha value is -2.79. The molecule has 2 atom stereocenters. The molecule has 1 aliphatic carbocycles. The third-order valence-electron chi connectivity index (χ3n) is 5.07. The van der Waals surface area contributed by atoms with Crippen LogP contribution in [0.15, 0.2) is 57.8 Å². The molecule has 1 fully saturated rings. The van der Waals surface area contributed by atoms with E-state index in [2.05, 4.69) is 9.97 Å². The van der Waals surface area contributed by atoms with E-state index < -0.39 is 33.4 Å². The lowest BCUT2D eigenvalue weighted by molar-refractivity contribution is -0.141. The summed E-state index contributed by atoms with van der Waals surface area (Å²) in [6.45, 7) is 2.27. The van der Waals surface area contributed by atoms with Gasteiger partial charge in [-0.25, -0.2) is 9.97 Å². The third-order valence-corrected chi connectivity index (χ3v) is 5.77. The summed E-state index contributed by atoms with van der Waals surface area (Å²) in [5.41, 5.74) is -1.03. The standard InChI is InChI=1S/C20H18F3N3O4S/c1-19-6-5-12(7-16(19)29-11-30-19)9-26-10-13(3-4-17(26)27)14-8-15(20(21,22)23)25-18(24-14)31(2)28/h3-5,7-8,10H,6,9,11H2,1-2H3. The van der Waals surface area contributed by atoms with E-state index in [0.717, 1.165) is 11.6 Å². The number of hydrogen-bond donors (Lipinski definition) is 0. The van der Waals surface area contributed by atoms with Crippen molar-refractivity contribution in [1.82, 2.24) is 14.5 Å². The lowest BCUT2D eigenvalue weighted by Gasteiger charge is -2.24. The second-order valence-corrected chi connectivity index (χ2v) is 8.66. The number of halogens is 3. The third kappa shape index (κ3) is 4.33. The highest BCUT2D eigenvalue weighted by molar-refractivity contribution is 7.84. The first-order valence-electron chi connectivity index (χ1n) is 9.24. The van der Waals surface area contributed by atoms with Gasteiger partial charge in [0.05, 0.1) is 23.0 Å². The molecular formula is C20H18F3N3O4S. The van der Waals surface area contributed by atoms with Gasteiger partial charge in [-0.3, -0.25) is 9.00 Å². The molecule has 4 rings (SSSR count). The number of alkyl halides is 3. The van der Waals surface area contributed by atoms with Crippen LogP contribution in [0.4, 0.5) is 13.2 Å². The Labute approximate surface area is 177 Å². The molecule has 0 aromatic carbocycles. The first-order valence-corrected chi connectivity index (χ1v) is 10.8. The van der Waals surface area contributed by atoms with Gasteiger partial charge < -0.3 is 14.0 Å². The lowest BCUT2D eigenvalue weighted by atomic mass is 9.92. The summed E-state index contributed by atoms with van der Waals surface area (Å²) in [6.07, 6.45) is 2.21. The van der Waals surface area contributed by atoms with Gasteiger partial charge in [-0.2, -0.15) is 13.2 Å². The van der Waals surface area contributed by atoms with Gasteiger partial charge in [0.1, 0.15) is 17.1 Å². The van der Waals surface area contributed by atoms with Crippen LogP contribution in [0.25, 0.3) is 11.3 Å². The van der Waals surface area contributed by atoms with Crippen LogP contribution in [0.1, 0.15) is 19.0 Å². The van der Waals surface area contributed by atoms with E-state index in [9.17, 15) is 22.2 Å². The topological polar surface area (TPSA) is 83.3 Å². The summed E-state index contributed by atoms with van der Waals surface area (Å²) in [5.74, 6) is 0.676. The van der Waals surface area contributed by atoms with Gasteiger partial charge >= 0.3 is 6.18 Å². The average molecular weight is 453 g/mol. The molecule has 0 saturated carbocycles. The van der Waals surface area contributed by atoms with Crippen LogP contribution in [0, 0.1) is 0 Å². The maximum Gasteiger partial charge on any atom is 0.433 e. The summed E-state index contributed by atoms with van der Waals surface area (Å²) in [6, 6.07) is 3.41. The highest BCUT2D eigenvalue weighted by Gasteiger charge is 2.38. The van der Waals surface area contributed by atoms with Crippen LogP contribution in [-0.4, -0.2) is 37.4 Å². The van der Waals surface area contributed by atoms with Gasteiger partial charge in [0.25, 0.3) is 5.56 Å². The first-order chi connectivity index (χ1) is 14.5. The summed E-state index contributed by atoms with van der Waals surface area (Å²) in [7, 11) is -1.81. The lowest BCUT2D eigenvalue weighted by Crippen LogP contribution is -2.28. The molecule has 0 amide bonds. The number of allylic oxidation sites excluding steroid dienone is 2. The number of nitrogens with zero attached hydrogens (tertiary/aromatic N) is 3. The Bertz CT molecular complexity index is 1190. The maximum absolute atomic E-state index is 13.2. The molecule has 0 bridgehead atoms. The van der Waals surface area contributed by atoms with Crippen molar-refractivity contribution >= 4 is 10.8 Å². The molecule has 1 saturated heterocycles. The number of fused-ring (bicyclic) bond motifs is 1. The Kier molecular flexibility index (Phi) is 5.34. The van der Waals surface area contributed by atoms with Crippen LogP contribution < -0.4 is 5.56 Å². The second kappa shape index (κ2) is 7.72. The minimum absolute atomic E-state index is 0.0719. The van der Waals surface area contributed by atoms with Crippen LogP contribution in [0.5, 0.6) is 0 Å². The molecule has 11 heteroatoms. The molecular weight excluding hydrogens is 435 g/mol. The van der Waals surface area contributed by atoms with Crippen molar-refractivity contribution in [2.45, 2.75) is 36.8 Å². The van der Waals surface area contributed by atoms with Gasteiger partial charge in [0.15, 0.2) is 6.79 Å². The van der Waals surface area contributed by atoms with E-state index >= 15 is 0 Å². The fourth-order valence-corrected chi connectivity index (χ4v) is 3.77. The van der Waals surface area contributed by atoms with Crippen molar-refractivity contribution in [3.63, 3.8) is 0 Å². The van der Waals surface area contributed by atoms with Gasteiger partial charge in [0, 0.05) is 30.5 Å². The maximum atomic E-state index is 13.2. The quantitative estimate of drug-likeness (QED) is 0.662. The average Bonchev–Trinajstić information content (AvgIpc) is 3.09. The predicted octanol–water partition coefficient (Wildman–Crippen LogP) is 3.04. The molecule has 0 spiro atoms. The van der Waals surface area contributed by atoms with E-state index in [1.54, 1.807) is 6.08 Å². The van der Waals surface area contributed by atoms with Crippen molar-refractivity contribution in [3.05, 3.63) is 63.9 Å². The minimum atomic E-state index is -4.73. The Morgan fingerprint density at radius 3 is 2.77 bits per heavy atom. The van der Waals surface area contributed by atoms with Crippen molar-refractivity contribution < 1.29 is 26.9 Å². The zero-order chi connectivity index (χ0) is 22.4. The normalized spacial score (nSPS) is 21.7.